The molecule has 26 heavy (non-hydrogen) atoms. The SMILES string of the molecule is CNC(=O)C(C(=O)CO)N(C)C(=O)c1ccc(Oc2ccccc2)cc1. The minimum atomic E-state index is -1.39. The number of ketones is 1. The molecule has 2 N–H and O–H groups in total. The molecule has 0 radical (unpaired) electrons. The number of carbonyl (C=O) groups is 3. The first kappa shape index (κ1) is 19.1. The van der Waals surface area contributed by atoms with E-state index in [9.17, 15) is 14.4 Å². The summed E-state index contributed by atoms with van der Waals surface area (Å²) in [5, 5.41) is 11.4. The number of nitrogens with zero attached hydrogens (tertiary/aromatic N) is 1. The van der Waals surface area contributed by atoms with Crippen LogP contribution in [0, 0.1) is 0 Å². The molecule has 0 saturated carbocycles. The number of likely N-dealkylation sites (N-methyl/N-ethyl adjacent to an activating group) is 2. The van der Waals surface area contributed by atoms with E-state index < -0.39 is 30.2 Å². The molecule has 136 valence electrons. The van der Waals surface area contributed by atoms with Gasteiger partial charge in [0.2, 0.25) is 5.91 Å². The topological polar surface area (TPSA) is 95.9 Å². The van der Waals surface area contributed by atoms with Gasteiger partial charge >= 0.3 is 0 Å². The van der Waals surface area contributed by atoms with E-state index in [0.717, 1.165) is 4.90 Å². The van der Waals surface area contributed by atoms with Crippen LogP contribution >= 0.6 is 0 Å². The van der Waals surface area contributed by atoms with Crippen molar-refractivity contribution in [1.29, 1.82) is 0 Å². The molecule has 0 aliphatic rings. The van der Waals surface area contributed by atoms with E-state index in [2.05, 4.69) is 5.32 Å². The lowest BCUT2D eigenvalue weighted by molar-refractivity contribution is -0.135. The molecule has 2 aromatic carbocycles. The van der Waals surface area contributed by atoms with Crippen molar-refractivity contribution in [3.8, 4) is 11.5 Å². The van der Waals surface area contributed by atoms with Gasteiger partial charge in [-0.2, -0.15) is 0 Å². The molecule has 0 spiro atoms. The lowest BCUT2D eigenvalue weighted by Gasteiger charge is -2.25. The molecular weight excluding hydrogens is 336 g/mol. The minimum absolute atomic E-state index is 0.285. The summed E-state index contributed by atoms with van der Waals surface area (Å²) < 4.78 is 5.66. The summed E-state index contributed by atoms with van der Waals surface area (Å²) in [5.41, 5.74) is 0.285. The molecule has 0 aliphatic heterocycles. The number of hydrogen-bond donors (Lipinski definition) is 2. The Labute approximate surface area is 151 Å². The first-order chi connectivity index (χ1) is 12.5. The maximum absolute atomic E-state index is 12.6. The smallest absolute Gasteiger partial charge is 0.254 e. The van der Waals surface area contributed by atoms with Crippen molar-refractivity contribution in [3.63, 3.8) is 0 Å². The molecule has 2 rings (SSSR count). The third kappa shape index (κ3) is 4.46. The minimum Gasteiger partial charge on any atom is -0.457 e. The summed E-state index contributed by atoms with van der Waals surface area (Å²) in [6.07, 6.45) is 0. The van der Waals surface area contributed by atoms with Crippen LogP contribution in [0.1, 0.15) is 10.4 Å². The molecule has 0 aliphatic carbocycles. The number of carbonyl (C=O) groups excluding carboxylic acids is 3. The average molecular weight is 356 g/mol. The van der Waals surface area contributed by atoms with E-state index in [0.29, 0.717) is 11.5 Å². The molecule has 7 nitrogen and oxygen atoms in total. The molecule has 7 heteroatoms. The second-order valence-corrected chi connectivity index (χ2v) is 5.50. The van der Waals surface area contributed by atoms with Crippen LogP contribution < -0.4 is 10.1 Å². The highest BCUT2D eigenvalue weighted by Gasteiger charge is 2.32. The maximum atomic E-state index is 12.6. The highest BCUT2D eigenvalue weighted by atomic mass is 16.5. The second-order valence-electron chi connectivity index (χ2n) is 5.50. The largest absolute Gasteiger partial charge is 0.457 e. The third-order valence-electron chi connectivity index (χ3n) is 3.74. The summed E-state index contributed by atoms with van der Waals surface area (Å²) in [6.45, 7) is -0.834. The van der Waals surface area contributed by atoms with E-state index in [1.54, 1.807) is 36.4 Å². The van der Waals surface area contributed by atoms with Crippen molar-refractivity contribution in [1.82, 2.24) is 10.2 Å². The number of amides is 2. The molecule has 2 amide bonds. The molecule has 0 fully saturated rings. The van der Waals surface area contributed by atoms with Crippen LogP contribution in [-0.4, -0.2) is 54.3 Å². The highest BCUT2D eigenvalue weighted by molar-refractivity contribution is 6.10. The summed E-state index contributed by atoms with van der Waals surface area (Å²) in [6, 6.07) is 14.1. The number of hydrogen-bond acceptors (Lipinski definition) is 5. The molecule has 1 unspecified atom stereocenters. The fraction of sp³-hybridized carbons (Fsp3) is 0.211. The van der Waals surface area contributed by atoms with Crippen LogP contribution in [0.5, 0.6) is 11.5 Å². The Bertz CT molecular complexity index is 758. The Balaban J connectivity index is 2.15. The van der Waals surface area contributed by atoms with Gasteiger partial charge in [0.15, 0.2) is 11.8 Å². The van der Waals surface area contributed by atoms with Gasteiger partial charge in [-0.25, -0.2) is 0 Å². The standard InChI is InChI=1S/C19H20N2O5/c1-20-18(24)17(16(23)12-22)21(2)19(25)13-8-10-15(11-9-13)26-14-6-4-3-5-7-14/h3-11,17,22H,12H2,1-2H3,(H,20,24). The summed E-state index contributed by atoms with van der Waals surface area (Å²) in [4.78, 5) is 37.3. The number of rotatable bonds is 7. The Hall–Kier alpha value is -3.19. The Kier molecular flexibility index (Phi) is 6.46. The van der Waals surface area contributed by atoms with Crippen LogP contribution in [0.4, 0.5) is 0 Å². The van der Waals surface area contributed by atoms with E-state index in [1.165, 1.54) is 14.1 Å². The number of aliphatic hydroxyl groups is 1. The van der Waals surface area contributed by atoms with Gasteiger partial charge in [-0.15, -0.1) is 0 Å². The van der Waals surface area contributed by atoms with Gasteiger partial charge in [-0.1, -0.05) is 18.2 Å². The Morgan fingerprint density at radius 1 is 1.04 bits per heavy atom. The molecule has 1 atom stereocenters. The van der Waals surface area contributed by atoms with Crippen molar-refractivity contribution in [2.24, 2.45) is 0 Å². The zero-order valence-corrected chi connectivity index (χ0v) is 14.5. The van der Waals surface area contributed by atoms with E-state index in [4.69, 9.17) is 9.84 Å². The number of Topliss-reactive ketones (excluding diaryl/α,β-unsaturated/α-hetero) is 1. The summed E-state index contributed by atoms with van der Waals surface area (Å²) >= 11 is 0. The first-order valence-electron chi connectivity index (χ1n) is 7.93. The zero-order valence-electron chi connectivity index (χ0n) is 14.5. The molecule has 0 aromatic heterocycles. The molecule has 0 saturated heterocycles. The van der Waals surface area contributed by atoms with Crippen LogP contribution in [-0.2, 0) is 9.59 Å². The molecule has 2 aromatic rings. The van der Waals surface area contributed by atoms with Gasteiger partial charge in [-0.3, -0.25) is 14.4 Å². The van der Waals surface area contributed by atoms with E-state index in [1.807, 2.05) is 18.2 Å². The van der Waals surface area contributed by atoms with Crippen LogP contribution in [0.3, 0.4) is 0 Å². The van der Waals surface area contributed by atoms with Crippen molar-refractivity contribution >= 4 is 17.6 Å². The van der Waals surface area contributed by atoms with Crippen LogP contribution in [0.25, 0.3) is 0 Å². The maximum Gasteiger partial charge on any atom is 0.254 e. The summed E-state index contributed by atoms with van der Waals surface area (Å²) in [7, 11) is 2.69. The Morgan fingerprint density at radius 2 is 1.62 bits per heavy atom. The number of nitrogens with one attached hydrogen (secondary N) is 1. The quantitative estimate of drug-likeness (QED) is 0.728. The van der Waals surface area contributed by atoms with Gasteiger partial charge in [0.25, 0.3) is 5.91 Å². The lowest BCUT2D eigenvalue weighted by atomic mass is 10.1. The van der Waals surface area contributed by atoms with Crippen molar-refractivity contribution in [2.45, 2.75) is 6.04 Å². The Morgan fingerprint density at radius 3 is 2.15 bits per heavy atom. The molecule has 0 heterocycles. The number of benzene rings is 2. The highest BCUT2D eigenvalue weighted by Crippen LogP contribution is 2.21. The lowest BCUT2D eigenvalue weighted by Crippen LogP contribution is -2.52. The van der Waals surface area contributed by atoms with Crippen molar-refractivity contribution in [3.05, 3.63) is 60.2 Å². The zero-order chi connectivity index (χ0) is 19.1. The third-order valence-corrected chi connectivity index (χ3v) is 3.74. The van der Waals surface area contributed by atoms with Crippen molar-refractivity contribution < 1.29 is 24.2 Å². The van der Waals surface area contributed by atoms with Crippen molar-refractivity contribution in [2.75, 3.05) is 20.7 Å². The predicted octanol–water partition coefficient (Wildman–Crippen LogP) is 1.23. The second kappa shape index (κ2) is 8.77. The monoisotopic (exact) mass is 356 g/mol. The first-order valence-corrected chi connectivity index (χ1v) is 7.93. The number of ether oxygens (including phenoxy) is 1. The van der Waals surface area contributed by atoms with Gasteiger partial charge in [0.1, 0.15) is 18.1 Å². The fourth-order valence-corrected chi connectivity index (χ4v) is 2.37. The summed E-state index contributed by atoms with van der Waals surface area (Å²) in [5.74, 6) is -0.735. The van der Waals surface area contributed by atoms with Gasteiger partial charge in [-0.05, 0) is 36.4 Å². The van der Waals surface area contributed by atoms with E-state index >= 15 is 0 Å². The average Bonchev–Trinajstić information content (AvgIpc) is 2.68. The van der Waals surface area contributed by atoms with Crippen LogP contribution in [0.2, 0.25) is 0 Å². The molecular formula is C19H20N2O5. The normalized spacial score (nSPS) is 11.3. The van der Waals surface area contributed by atoms with Gasteiger partial charge in [0.05, 0.1) is 0 Å². The molecule has 0 bridgehead atoms. The number of para-hydroxylation sites is 1. The van der Waals surface area contributed by atoms with E-state index in [-0.39, 0.29) is 5.56 Å². The predicted molar refractivity (Wildman–Crippen MR) is 95.0 cm³/mol. The van der Waals surface area contributed by atoms with Crippen LogP contribution in [0.15, 0.2) is 54.6 Å². The van der Waals surface area contributed by atoms with Gasteiger partial charge in [0, 0.05) is 19.7 Å². The van der Waals surface area contributed by atoms with Gasteiger partial charge < -0.3 is 20.1 Å². The fourth-order valence-electron chi connectivity index (χ4n) is 2.37. The number of aliphatic hydroxyl groups excluding tert-OH is 1.